The first-order chi connectivity index (χ1) is 5.41. The van der Waals surface area contributed by atoms with Crippen LogP contribution in [0.4, 0.5) is 13.2 Å². The fourth-order valence-corrected chi connectivity index (χ4v) is 0.677. The monoisotopic (exact) mass is 184 g/mol. The molecule has 0 radical (unpaired) electrons. The van der Waals surface area contributed by atoms with E-state index in [1.807, 2.05) is 0 Å². The maximum Gasteiger partial charge on any atom is 0.386 e. The first-order valence-corrected chi connectivity index (χ1v) is 4.48. The van der Waals surface area contributed by atoms with Crippen LogP contribution in [0.15, 0.2) is 0 Å². The van der Waals surface area contributed by atoms with Gasteiger partial charge < -0.3 is 0 Å². The fraction of sp³-hybridized carbons (Fsp3) is 1.00. The summed E-state index contributed by atoms with van der Waals surface area (Å²) in [5.41, 5.74) is 0. The van der Waals surface area contributed by atoms with Gasteiger partial charge in [0.2, 0.25) is 0 Å². The molecule has 0 rings (SSSR count). The van der Waals surface area contributed by atoms with Crippen molar-refractivity contribution in [3.05, 3.63) is 0 Å². The van der Waals surface area contributed by atoms with Crippen LogP contribution in [0.25, 0.3) is 0 Å². The largest absolute Gasteiger partial charge is 0.386 e. The van der Waals surface area contributed by atoms with Crippen molar-refractivity contribution in [3.63, 3.8) is 0 Å². The molecule has 0 aliphatic rings. The van der Waals surface area contributed by atoms with Crippen LogP contribution in [0.5, 0.6) is 0 Å². The molecule has 0 saturated carbocycles. The minimum Gasteiger partial charge on any atom is -0.172 e. The normalized spacial score (nSPS) is 10.5. The molecule has 0 aliphatic heterocycles. The van der Waals surface area contributed by atoms with Crippen molar-refractivity contribution in [1.29, 1.82) is 0 Å². The van der Waals surface area contributed by atoms with E-state index in [1.165, 1.54) is 32.1 Å². The fourth-order valence-electron chi connectivity index (χ4n) is 0.677. The maximum absolute atomic E-state index is 10.4. The summed E-state index contributed by atoms with van der Waals surface area (Å²) in [7, 11) is 0. The van der Waals surface area contributed by atoms with Gasteiger partial charge in [0, 0.05) is 6.92 Å². The van der Waals surface area contributed by atoms with Gasteiger partial charge in [-0.15, -0.1) is 0 Å². The summed E-state index contributed by atoms with van der Waals surface area (Å²) >= 11 is 0. The molecule has 0 aromatic rings. The van der Waals surface area contributed by atoms with Crippen LogP contribution in [0, 0.1) is 0 Å². The third-order valence-corrected chi connectivity index (χ3v) is 1.21. The topological polar surface area (TPSA) is 0 Å². The van der Waals surface area contributed by atoms with Crippen molar-refractivity contribution in [3.8, 4) is 0 Å². The second kappa shape index (κ2) is 8.88. The van der Waals surface area contributed by atoms with Gasteiger partial charge in [-0.1, -0.05) is 46.0 Å². The van der Waals surface area contributed by atoms with Crippen molar-refractivity contribution in [2.75, 3.05) is 0 Å². The second-order valence-electron chi connectivity index (χ2n) is 2.84. The molecule has 0 spiro atoms. The predicted molar refractivity (Wildman–Crippen MR) is 46.2 cm³/mol. The van der Waals surface area contributed by atoms with E-state index in [2.05, 4.69) is 13.8 Å². The minimum absolute atomic E-state index is 0.188. The van der Waals surface area contributed by atoms with Gasteiger partial charge in [-0.3, -0.25) is 0 Å². The van der Waals surface area contributed by atoms with E-state index in [4.69, 9.17) is 0 Å². The lowest BCUT2D eigenvalue weighted by molar-refractivity contribution is -0.110. The van der Waals surface area contributed by atoms with Crippen molar-refractivity contribution >= 4 is 0 Å². The lowest BCUT2D eigenvalue weighted by atomic mass is 10.2. The summed E-state index contributed by atoms with van der Waals surface area (Å²) in [6, 6.07) is 0. The second-order valence-corrected chi connectivity index (χ2v) is 2.84. The molecule has 0 fully saturated rings. The Hall–Kier alpha value is -0.210. The maximum atomic E-state index is 10.4. The molecule has 0 aromatic carbocycles. The average molecular weight is 184 g/mol. The van der Waals surface area contributed by atoms with Crippen LogP contribution in [-0.4, -0.2) is 6.18 Å². The summed E-state index contributed by atoms with van der Waals surface area (Å²) in [6.45, 7) is 4.68. The SMILES string of the molecule is CC(F)(F)F.CCCCCCC. The molecule has 0 atom stereocenters. The van der Waals surface area contributed by atoms with E-state index in [0.29, 0.717) is 0 Å². The summed E-state index contributed by atoms with van der Waals surface area (Å²) < 4.78 is 31.1. The Kier molecular flexibility index (Phi) is 10.6. The van der Waals surface area contributed by atoms with Crippen molar-refractivity contribution in [1.82, 2.24) is 0 Å². The van der Waals surface area contributed by atoms with Crippen molar-refractivity contribution < 1.29 is 13.2 Å². The van der Waals surface area contributed by atoms with Gasteiger partial charge in [0.25, 0.3) is 0 Å². The molecule has 0 saturated heterocycles. The van der Waals surface area contributed by atoms with E-state index in [-0.39, 0.29) is 6.92 Å². The number of unbranched alkanes of at least 4 members (excludes halogenated alkanes) is 4. The average Bonchev–Trinajstić information content (AvgIpc) is 1.85. The summed E-state index contributed by atoms with van der Waals surface area (Å²) in [5.74, 6) is 0. The van der Waals surface area contributed by atoms with Crippen molar-refractivity contribution in [2.24, 2.45) is 0 Å². The molecule has 12 heavy (non-hydrogen) atoms. The molecule has 0 amide bonds. The molecule has 76 valence electrons. The molecular formula is C9H19F3. The Balaban J connectivity index is 0. The Bertz CT molecular complexity index is 66.3. The van der Waals surface area contributed by atoms with Crippen LogP contribution in [0.1, 0.15) is 52.9 Å². The van der Waals surface area contributed by atoms with E-state index in [1.54, 1.807) is 0 Å². The molecule has 0 unspecified atom stereocenters. The molecule has 0 N–H and O–H groups in total. The van der Waals surface area contributed by atoms with Crippen LogP contribution in [0.2, 0.25) is 0 Å². The zero-order valence-corrected chi connectivity index (χ0v) is 8.17. The first-order valence-electron chi connectivity index (χ1n) is 4.48. The Morgan fingerprint density at radius 1 is 0.833 bits per heavy atom. The van der Waals surface area contributed by atoms with Gasteiger partial charge in [0.1, 0.15) is 0 Å². The quantitative estimate of drug-likeness (QED) is 0.562. The highest BCUT2D eigenvalue weighted by Gasteiger charge is 2.15. The standard InChI is InChI=1S/C7H16.C2H3F3/c1-3-5-7-6-4-2;1-2(3,4)5/h3-7H2,1-2H3;1H3. The molecule has 0 heterocycles. The van der Waals surface area contributed by atoms with Crippen LogP contribution < -0.4 is 0 Å². The number of hydrogen-bond donors (Lipinski definition) is 0. The number of alkyl halides is 3. The number of hydrogen-bond acceptors (Lipinski definition) is 0. The summed E-state index contributed by atoms with van der Waals surface area (Å²) in [6.07, 6.45) is 3.01. The molecule has 0 aromatic heterocycles. The van der Waals surface area contributed by atoms with Gasteiger partial charge >= 0.3 is 6.18 Å². The molecule has 0 nitrogen and oxygen atoms in total. The molecule has 3 heteroatoms. The van der Waals surface area contributed by atoms with Crippen LogP contribution >= 0.6 is 0 Å². The van der Waals surface area contributed by atoms with Gasteiger partial charge in [-0.25, -0.2) is 0 Å². The van der Waals surface area contributed by atoms with E-state index in [9.17, 15) is 13.2 Å². The van der Waals surface area contributed by atoms with E-state index < -0.39 is 6.18 Å². The third kappa shape index (κ3) is 52.7. The Morgan fingerprint density at radius 2 is 1.08 bits per heavy atom. The lowest BCUT2D eigenvalue weighted by Gasteiger charge is -1.90. The first kappa shape index (κ1) is 14.3. The van der Waals surface area contributed by atoms with Gasteiger partial charge in [-0.2, -0.15) is 13.2 Å². The highest BCUT2D eigenvalue weighted by Crippen LogP contribution is 2.10. The van der Waals surface area contributed by atoms with Crippen LogP contribution in [0.3, 0.4) is 0 Å². The number of rotatable bonds is 4. The highest BCUT2D eigenvalue weighted by atomic mass is 19.4. The van der Waals surface area contributed by atoms with Gasteiger partial charge in [-0.05, 0) is 0 Å². The number of halogens is 3. The van der Waals surface area contributed by atoms with Gasteiger partial charge in [0.15, 0.2) is 0 Å². The summed E-state index contributed by atoms with van der Waals surface area (Å²) in [5, 5.41) is 0. The van der Waals surface area contributed by atoms with Crippen LogP contribution in [-0.2, 0) is 0 Å². The third-order valence-electron chi connectivity index (χ3n) is 1.21. The lowest BCUT2D eigenvalue weighted by Crippen LogP contribution is -1.95. The predicted octanol–water partition coefficient (Wildman–Crippen LogP) is 4.55. The zero-order valence-electron chi connectivity index (χ0n) is 8.17. The Labute approximate surface area is 73.2 Å². The minimum atomic E-state index is -4.00. The Morgan fingerprint density at radius 3 is 1.25 bits per heavy atom. The summed E-state index contributed by atoms with van der Waals surface area (Å²) in [4.78, 5) is 0. The van der Waals surface area contributed by atoms with Crippen molar-refractivity contribution in [2.45, 2.75) is 59.1 Å². The van der Waals surface area contributed by atoms with Gasteiger partial charge in [0.05, 0.1) is 0 Å². The highest BCUT2D eigenvalue weighted by molar-refractivity contribution is 4.35. The zero-order chi connectivity index (χ0) is 10.0. The smallest absolute Gasteiger partial charge is 0.172 e. The van der Waals surface area contributed by atoms with E-state index >= 15 is 0 Å². The molecular weight excluding hydrogens is 165 g/mol. The van der Waals surface area contributed by atoms with E-state index in [0.717, 1.165) is 0 Å². The molecule has 0 bridgehead atoms. The molecule has 0 aliphatic carbocycles.